The number of carbonyl (C=O) groups excluding carboxylic acids is 1. The van der Waals surface area contributed by atoms with Gasteiger partial charge in [-0.05, 0) is 66.3 Å². The fourth-order valence-corrected chi connectivity index (χ4v) is 6.57. The predicted molar refractivity (Wildman–Crippen MR) is 90.2 cm³/mol. The summed E-state index contributed by atoms with van der Waals surface area (Å²) >= 11 is 3.38. The Bertz CT molecular complexity index is 655. The molecule has 1 amide bonds. The Balaban J connectivity index is 1.50. The Morgan fingerprint density at radius 1 is 1.21 bits per heavy atom. The van der Waals surface area contributed by atoms with E-state index in [9.17, 15) is 4.79 Å². The normalized spacial score (nSPS) is 41.0. The zero-order valence-electron chi connectivity index (χ0n) is 13.8. The molecule has 4 atom stereocenters. The van der Waals surface area contributed by atoms with Crippen molar-refractivity contribution < 1.29 is 9.53 Å². The fraction of sp³-hybridized carbons (Fsp3) is 0.824. The van der Waals surface area contributed by atoms with Crippen LogP contribution in [-0.4, -0.2) is 51.9 Å². The number of morpholine rings is 1. The zero-order valence-corrected chi connectivity index (χ0v) is 15.4. The maximum Gasteiger partial charge on any atom is 0.229 e. The predicted octanol–water partition coefficient (Wildman–Crippen LogP) is 2.19. The van der Waals surface area contributed by atoms with Crippen LogP contribution in [0.5, 0.6) is 0 Å². The van der Waals surface area contributed by atoms with Gasteiger partial charge < -0.3 is 9.64 Å². The lowest BCUT2D eigenvalue weighted by atomic mass is 9.46. The van der Waals surface area contributed by atoms with Gasteiger partial charge in [-0.1, -0.05) is 0 Å². The third kappa shape index (κ3) is 2.20. The first-order chi connectivity index (χ1) is 11.6. The van der Waals surface area contributed by atoms with E-state index < -0.39 is 0 Å². The standard InChI is InChI=1S/C17H23BrN4O2/c18-15-19-11-22(20-15)17-8-12-5-13(9-17)7-16(6-12,10-17)14(23)21-1-3-24-4-2-21/h11-13H,1-10H2/t12-,13+,16?,17?. The maximum atomic E-state index is 13.4. The molecule has 4 saturated carbocycles. The van der Waals surface area contributed by atoms with E-state index in [4.69, 9.17) is 4.74 Å². The summed E-state index contributed by atoms with van der Waals surface area (Å²) in [5.74, 6) is 1.68. The number of rotatable bonds is 2. The van der Waals surface area contributed by atoms with Crippen LogP contribution in [0.3, 0.4) is 0 Å². The molecule has 24 heavy (non-hydrogen) atoms. The molecule has 5 fully saturated rings. The largest absolute Gasteiger partial charge is 0.378 e. The minimum Gasteiger partial charge on any atom is -0.378 e. The van der Waals surface area contributed by atoms with E-state index >= 15 is 0 Å². The molecule has 1 aromatic heterocycles. The molecule has 2 heterocycles. The number of ether oxygens (including phenoxy) is 1. The number of carbonyl (C=O) groups is 1. The highest BCUT2D eigenvalue weighted by Crippen LogP contribution is 2.64. The molecule has 4 aliphatic carbocycles. The van der Waals surface area contributed by atoms with Crippen molar-refractivity contribution in [3.8, 4) is 0 Å². The molecule has 1 saturated heterocycles. The fourth-order valence-electron chi connectivity index (χ4n) is 6.31. The van der Waals surface area contributed by atoms with E-state index in [0.29, 0.717) is 35.7 Å². The monoisotopic (exact) mass is 394 g/mol. The van der Waals surface area contributed by atoms with Gasteiger partial charge in [-0.15, -0.1) is 5.10 Å². The average Bonchev–Trinajstić information content (AvgIpc) is 3.01. The molecule has 0 aromatic carbocycles. The molecule has 6 nitrogen and oxygen atoms in total. The van der Waals surface area contributed by atoms with E-state index in [1.807, 2.05) is 6.33 Å². The molecule has 4 bridgehead atoms. The number of hydrogen-bond donors (Lipinski definition) is 0. The van der Waals surface area contributed by atoms with Gasteiger partial charge in [0.1, 0.15) is 6.33 Å². The summed E-state index contributed by atoms with van der Waals surface area (Å²) in [6.07, 6.45) is 8.50. The Hall–Kier alpha value is -0.950. The Labute approximate surface area is 150 Å². The summed E-state index contributed by atoms with van der Waals surface area (Å²) < 4.78 is 8.15. The van der Waals surface area contributed by atoms with Crippen LogP contribution in [0.1, 0.15) is 38.5 Å². The Kier molecular flexibility index (Phi) is 3.36. The first-order valence-electron chi connectivity index (χ1n) is 9.03. The highest BCUT2D eigenvalue weighted by molar-refractivity contribution is 9.10. The van der Waals surface area contributed by atoms with Crippen LogP contribution in [0.25, 0.3) is 0 Å². The lowest BCUT2D eigenvalue weighted by Gasteiger charge is -2.61. The second kappa shape index (κ2) is 5.27. The van der Waals surface area contributed by atoms with Gasteiger partial charge in [-0.25, -0.2) is 9.67 Å². The molecule has 7 heteroatoms. The van der Waals surface area contributed by atoms with Gasteiger partial charge in [0.05, 0.1) is 24.2 Å². The highest BCUT2D eigenvalue weighted by Gasteiger charge is 2.62. The summed E-state index contributed by atoms with van der Waals surface area (Å²) in [7, 11) is 0. The third-order valence-corrected chi connectivity index (χ3v) is 7.10. The summed E-state index contributed by atoms with van der Waals surface area (Å²) in [5, 5.41) is 4.58. The van der Waals surface area contributed by atoms with Crippen molar-refractivity contribution in [3.63, 3.8) is 0 Å². The van der Waals surface area contributed by atoms with Crippen molar-refractivity contribution in [2.45, 2.75) is 44.1 Å². The van der Waals surface area contributed by atoms with E-state index in [2.05, 4.69) is 35.6 Å². The molecule has 5 aliphatic rings. The average molecular weight is 395 g/mol. The van der Waals surface area contributed by atoms with Gasteiger partial charge in [-0.3, -0.25) is 4.79 Å². The minimum atomic E-state index is -0.181. The first-order valence-corrected chi connectivity index (χ1v) is 9.83. The number of aromatic nitrogens is 3. The van der Waals surface area contributed by atoms with Gasteiger partial charge in [0.15, 0.2) is 0 Å². The SMILES string of the molecule is O=C(N1CCOCC1)C12C[C@H]3C[C@@H](C1)CC(n1cnc(Br)n1)(C3)C2. The summed E-state index contributed by atoms with van der Waals surface area (Å²) in [5.41, 5.74) is -0.190. The Morgan fingerprint density at radius 2 is 1.92 bits per heavy atom. The topological polar surface area (TPSA) is 60.2 Å². The van der Waals surface area contributed by atoms with E-state index in [0.717, 1.165) is 45.2 Å². The van der Waals surface area contributed by atoms with Crippen LogP contribution < -0.4 is 0 Å². The number of amides is 1. The van der Waals surface area contributed by atoms with E-state index in [-0.39, 0.29) is 11.0 Å². The molecule has 0 N–H and O–H groups in total. The van der Waals surface area contributed by atoms with Crippen LogP contribution in [0.4, 0.5) is 0 Å². The van der Waals surface area contributed by atoms with Crippen LogP contribution in [-0.2, 0) is 15.1 Å². The molecular weight excluding hydrogens is 372 g/mol. The summed E-state index contributed by atoms with van der Waals surface area (Å²) in [6, 6.07) is 0. The van der Waals surface area contributed by atoms with Crippen LogP contribution >= 0.6 is 15.9 Å². The zero-order chi connectivity index (χ0) is 16.4. The van der Waals surface area contributed by atoms with E-state index in [1.54, 1.807) is 0 Å². The number of halogens is 1. The maximum absolute atomic E-state index is 13.4. The molecule has 0 spiro atoms. The molecule has 1 aromatic rings. The molecule has 6 rings (SSSR count). The third-order valence-electron chi connectivity index (χ3n) is 6.73. The quantitative estimate of drug-likeness (QED) is 0.771. The second-order valence-corrected chi connectivity index (χ2v) is 9.04. The lowest BCUT2D eigenvalue weighted by Crippen LogP contribution is -2.62. The smallest absolute Gasteiger partial charge is 0.229 e. The Morgan fingerprint density at radius 3 is 2.54 bits per heavy atom. The summed E-state index contributed by atoms with van der Waals surface area (Å²) in [6.45, 7) is 2.85. The van der Waals surface area contributed by atoms with Crippen molar-refractivity contribution in [3.05, 3.63) is 11.1 Å². The van der Waals surface area contributed by atoms with Crippen LogP contribution in [0, 0.1) is 17.3 Å². The molecule has 1 aliphatic heterocycles. The molecular formula is C17H23BrN4O2. The summed E-state index contributed by atoms with van der Waals surface area (Å²) in [4.78, 5) is 19.8. The first kappa shape index (κ1) is 15.3. The van der Waals surface area contributed by atoms with E-state index in [1.165, 1.54) is 6.42 Å². The van der Waals surface area contributed by atoms with Crippen LogP contribution in [0.2, 0.25) is 0 Å². The highest BCUT2D eigenvalue weighted by atomic mass is 79.9. The number of hydrogen-bond acceptors (Lipinski definition) is 4. The van der Waals surface area contributed by atoms with Crippen LogP contribution in [0.15, 0.2) is 11.1 Å². The molecule has 2 unspecified atom stereocenters. The minimum absolute atomic E-state index is 0.00888. The second-order valence-electron chi connectivity index (χ2n) is 8.33. The van der Waals surface area contributed by atoms with Crippen molar-refractivity contribution >= 4 is 21.8 Å². The van der Waals surface area contributed by atoms with Gasteiger partial charge in [0.25, 0.3) is 0 Å². The van der Waals surface area contributed by atoms with Crippen molar-refractivity contribution in [1.29, 1.82) is 0 Å². The molecule has 130 valence electrons. The van der Waals surface area contributed by atoms with Gasteiger partial charge in [-0.2, -0.15) is 0 Å². The van der Waals surface area contributed by atoms with Gasteiger partial charge >= 0.3 is 0 Å². The van der Waals surface area contributed by atoms with Gasteiger partial charge in [0.2, 0.25) is 10.6 Å². The number of nitrogens with zero attached hydrogens (tertiary/aromatic N) is 4. The van der Waals surface area contributed by atoms with Crippen molar-refractivity contribution in [1.82, 2.24) is 19.7 Å². The van der Waals surface area contributed by atoms with Crippen molar-refractivity contribution in [2.75, 3.05) is 26.3 Å². The lowest BCUT2D eigenvalue weighted by molar-refractivity contribution is -0.170. The molecule has 0 radical (unpaired) electrons. The van der Waals surface area contributed by atoms with Crippen molar-refractivity contribution in [2.24, 2.45) is 17.3 Å². The van der Waals surface area contributed by atoms with Gasteiger partial charge in [0, 0.05) is 13.1 Å².